The van der Waals surface area contributed by atoms with Gasteiger partial charge in [-0.2, -0.15) is 0 Å². The molecule has 4 rings (SSSR count). The molecule has 0 saturated heterocycles. The zero-order valence-electron chi connectivity index (χ0n) is 13.1. The summed E-state index contributed by atoms with van der Waals surface area (Å²) in [5, 5.41) is 3.67. The lowest BCUT2D eigenvalue weighted by Gasteiger charge is -2.33. The Labute approximate surface area is 162 Å². The lowest BCUT2D eigenvalue weighted by Crippen LogP contribution is -2.40. The highest BCUT2D eigenvalue weighted by atomic mass is 79.9. The molecule has 7 heteroatoms. The first-order chi connectivity index (χ1) is 12.0. The van der Waals surface area contributed by atoms with Crippen molar-refractivity contribution in [2.24, 2.45) is 0 Å². The molecule has 2 aromatic heterocycles. The normalized spacial score (nSPS) is 15.1. The molecule has 25 heavy (non-hydrogen) atoms. The van der Waals surface area contributed by atoms with Gasteiger partial charge in [-0.15, -0.1) is 0 Å². The number of hydrogen-bond acceptors (Lipinski definition) is 5. The molecule has 126 valence electrons. The second-order valence-corrected chi connectivity index (χ2v) is 7.41. The summed E-state index contributed by atoms with van der Waals surface area (Å²) < 4.78 is 1.39. The van der Waals surface area contributed by atoms with Crippen LogP contribution in [0, 0.1) is 0 Å². The van der Waals surface area contributed by atoms with Gasteiger partial charge in [-0.3, -0.25) is 5.32 Å². The van der Waals surface area contributed by atoms with Crippen molar-refractivity contribution in [2.75, 3.05) is 11.5 Å². The third-order valence-electron chi connectivity index (χ3n) is 4.51. The molecule has 0 unspecified atom stereocenters. The molecule has 5 N–H and O–H groups in total. The summed E-state index contributed by atoms with van der Waals surface area (Å²) in [6, 6.07) is 15.9. The Bertz CT molecular complexity index is 922. The highest BCUT2D eigenvalue weighted by Gasteiger charge is 2.44. The van der Waals surface area contributed by atoms with Crippen LogP contribution < -0.4 is 16.8 Å². The van der Waals surface area contributed by atoms with Crippen molar-refractivity contribution < 1.29 is 0 Å². The molecule has 5 nitrogen and oxygen atoms in total. The predicted molar refractivity (Wildman–Crippen MR) is 106 cm³/mol. The molecule has 3 aromatic rings. The predicted octanol–water partition coefficient (Wildman–Crippen LogP) is 3.56. The molecule has 3 heterocycles. The second kappa shape index (κ2) is 6.09. The van der Waals surface area contributed by atoms with Crippen LogP contribution in [0.3, 0.4) is 0 Å². The van der Waals surface area contributed by atoms with Crippen molar-refractivity contribution in [1.29, 1.82) is 0 Å². The minimum absolute atomic E-state index is 0.464. The minimum atomic E-state index is -0.602. The first-order valence-corrected chi connectivity index (χ1v) is 9.29. The topological polar surface area (TPSA) is 89.9 Å². The molecular formula is C18H15Br2N5. The van der Waals surface area contributed by atoms with Gasteiger partial charge in [-0.25, -0.2) is 9.97 Å². The van der Waals surface area contributed by atoms with Crippen molar-refractivity contribution in [1.82, 2.24) is 15.3 Å². The molecule has 0 amide bonds. The summed E-state index contributed by atoms with van der Waals surface area (Å²) >= 11 is 7.18. The summed E-state index contributed by atoms with van der Waals surface area (Å²) in [6.45, 7) is 0.740. The maximum absolute atomic E-state index is 5.85. The number of nitrogens with two attached hydrogens (primary N) is 2. The molecule has 1 aliphatic rings. The summed E-state index contributed by atoms with van der Waals surface area (Å²) in [7, 11) is 0. The summed E-state index contributed by atoms with van der Waals surface area (Å²) in [5.74, 6) is 0.929. The van der Waals surface area contributed by atoms with E-state index in [9.17, 15) is 0 Å². The molecule has 0 fully saturated rings. The van der Waals surface area contributed by atoms with Gasteiger partial charge in [0.15, 0.2) is 0 Å². The van der Waals surface area contributed by atoms with Crippen LogP contribution in [-0.2, 0) is 12.1 Å². The molecule has 0 saturated carbocycles. The molecule has 0 atom stereocenters. The fraction of sp³-hybridized carbons (Fsp3) is 0.111. The highest BCUT2D eigenvalue weighted by molar-refractivity contribution is 9.10. The summed E-state index contributed by atoms with van der Waals surface area (Å²) in [5.41, 5.74) is 15.4. The number of hydrogen-bond donors (Lipinski definition) is 3. The van der Waals surface area contributed by atoms with Crippen LogP contribution in [0.15, 0.2) is 57.7 Å². The maximum atomic E-state index is 5.85. The Morgan fingerprint density at radius 2 is 1.36 bits per heavy atom. The van der Waals surface area contributed by atoms with Gasteiger partial charge in [0.2, 0.25) is 0 Å². The van der Waals surface area contributed by atoms with E-state index < -0.39 is 5.54 Å². The molecule has 1 aliphatic heterocycles. The van der Waals surface area contributed by atoms with E-state index in [4.69, 9.17) is 11.5 Å². The lowest BCUT2D eigenvalue weighted by atomic mass is 9.79. The number of halogens is 2. The number of nitrogen functional groups attached to an aromatic ring is 2. The molecule has 0 radical (unpaired) electrons. The number of benzene rings is 1. The summed E-state index contributed by atoms with van der Waals surface area (Å²) in [4.78, 5) is 8.81. The van der Waals surface area contributed by atoms with Gasteiger partial charge in [-0.05, 0) is 55.1 Å². The quantitative estimate of drug-likeness (QED) is 0.508. The molecular weight excluding hydrogens is 446 g/mol. The Morgan fingerprint density at radius 1 is 0.800 bits per heavy atom. The van der Waals surface area contributed by atoms with Gasteiger partial charge in [0.25, 0.3) is 0 Å². The van der Waals surface area contributed by atoms with Gasteiger partial charge < -0.3 is 11.5 Å². The van der Waals surface area contributed by atoms with Crippen LogP contribution in [0.1, 0.15) is 22.3 Å². The van der Waals surface area contributed by atoms with Crippen LogP contribution in [0.25, 0.3) is 0 Å². The molecule has 1 aromatic carbocycles. The van der Waals surface area contributed by atoms with E-state index in [-0.39, 0.29) is 0 Å². The zero-order valence-corrected chi connectivity index (χ0v) is 16.3. The number of aromatic nitrogens is 2. The second-order valence-electron chi connectivity index (χ2n) is 5.91. The van der Waals surface area contributed by atoms with E-state index >= 15 is 0 Å². The molecule has 0 aliphatic carbocycles. The standard InChI is InChI=1S/C18H15Br2N5/c19-16-12(5-7-14(21)24-16)18(13-6-8-15(22)25-17(13)20)11-4-2-1-3-10(11)9-23-18/h1-8,23H,9H2,(H2,21,24)(H2,22,25). The average Bonchev–Trinajstić information content (AvgIpc) is 2.95. The summed E-state index contributed by atoms with van der Waals surface area (Å²) in [6.07, 6.45) is 0. The zero-order chi connectivity index (χ0) is 17.6. The van der Waals surface area contributed by atoms with Gasteiger partial charge >= 0.3 is 0 Å². The Balaban J connectivity index is 2.07. The monoisotopic (exact) mass is 459 g/mol. The van der Waals surface area contributed by atoms with E-state index in [1.165, 1.54) is 5.56 Å². The Hall–Kier alpha value is -1.96. The fourth-order valence-corrected chi connectivity index (χ4v) is 4.71. The number of nitrogens with zero attached hydrogens (tertiary/aromatic N) is 2. The van der Waals surface area contributed by atoms with Crippen molar-refractivity contribution in [3.63, 3.8) is 0 Å². The minimum Gasteiger partial charge on any atom is -0.384 e. The fourth-order valence-electron chi connectivity index (χ4n) is 3.45. The highest BCUT2D eigenvalue weighted by Crippen LogP contribution is 2.46. The number of anilines is 2. The maximum Gasteiger partial charge on any atom is 0.124 e. The number of fused-ring (bicyclic) bond motifs is 1. The third kappa shape index (κ3) is 2.54. The first-order valence-electron chi connectivity index (χ1n) is 7.71. The van der Waals surface area contributed by atoms with Crippen molar-refractivity contribution in [3.8, 4) is 0 Å². The van der Waals surface area contributed by atoms with Gasteiger partial charge in [0, 0.05) is 17.7 Å². The van der Waals surface area contributed by atoms with E-state index in [0.29, 0.717) is 20.8 Å². The van der Waals surface area contributed by atoms with Crippen LogP contribution in [0.2, 0.25) is 0 Å². The van der Waals surface area contributed by atoms with E-state index in [1.54, 1.807) is 0 Å². The molecule has 0 bridgehead atoms. The lowest BCUT2D eigenvalue weighted by molar-refractivity contribution is 0.510. The number of nitrogens with one attached hydrogen (secondary N) is 1. The smallest absolute Gasteiger partial charge is 0.124 e. The van der Waals surface area contributed by atoms with Crippen LogP contribution in [0.5, 0.6) is 0 Å². The van der Waals surface area contributed by atoms with Gasteiger partial charge in [-0.1, -0.05) is 36.4 Å². The van der Waals surface area contributed by atoms with Crippen LogP contribution in [-0.4, -0.2) is 9.97 Å². The van der Waals surface area contributed by atoms with Crippen molar-refractivity contribution in [2.45, 2.75) is 12.1 Å². The van der Waals surface area contributed by atoms with E-state index in [1.807, 2.05) is 36.4 Å². The number of pyridine rings is 2. The van der Waals surface area contributed by atoms with Gasteiger partial charge in [0.1, 0.15) is 26.4 Å². The van der Waals surface area contributed by atoms with Crippen LogP contribution in [0.4, 0.5) is 11.6 Å². The molecule has 0 spiro atoms. The first kappa shape index (κ1) is 16.5. The van der Waals surface area contributed by atoms with Crippen molar-refractivity contribution in [3.05, 3.63) is 80.0 Å². The Kier molecular flexibility index (Phi) is 4.02. The largest absolute Gasteiger partial charge is 0.384 e. The van der Waals surface area contributed by atoms with Crippen LogP contribution >= 0.6 is 31.9 Å². The van der Waals surface area contributed by atoms with E-state index in [2.05, 4.69) is 59.3 Å². The third-order valence-corrected chi connectivity index (χ3v) is 5.72. The SMILES string of the molecule is Nc1ccc(C2(c3ccc(N)nc3Br)NCc3ccccc32)c(Br)n1. The van der Waals surface area contributed by atoms with E-state index in [0.717, 1.165) is 23.2 Å². The number of rotatable bonds is 2. The van der Waals surface area contributed by atoms with Crippen molar-refractivity contribution >= 4 is 43.5 Å². The average molecular weight is 461 g/mol. The van der Waals surface area contributed by atoms with Gasteiger partial charge in [0.05, 0.1) is 0 Å². The Morgan fingerprint density at radius 3 is 1.92 bits per heavy atom.